The van der Waals surface area contributed by atoms with E-state index in [4.69, 9.17) is 0 Å². The summed E-state index contributed by atoms with van der Waals surface area (Å²) in [7, 11) is 3.87. The van der Waals surface area contributed by atoms with Crippen molar-refractivity contribution in [2.75, 3.05) is 20.6 Å². The fourth-order valence-corrected chi connectivity index (χ4v) is 2.89. The summed E-state index contributed by atoms with van der Waals surface area (Å²) < 4.78 is 26.7. The largest absolute Gasteiger partial charge is 0.312 e. The molecular formula is C19H19F2N3O. The molecule has 6 heteroatoms. The number of amides is 1. The van der Waals surface area contributed by atoms with Gasteiger partial charge in [0.15, 0.2) is 5.54 Å². The van der Waals surface area contributed by atoms with Gasteiger partial charge in [-0.05, 0) is 49.5 Å². The first-order valence-electron chi connectivity index (χ1n) is 7.99. The summed E-state index contributed by atoms with van der Waals surface area (Å²) in [6.07, 6.45) is 0.572. The third-order valence-corrected chi connectivity index (χ3v) is 4.21. The summed E-state index contributed by atoms with van der Waals surface area (Å²) in [5.74, 6) is -0.548. The second-order valence-electron chi connectivity index (χ2n) is 6.29. The normalized spacial score (nSPS) is 16.0. The molecule has 1 heterocycles. The highest BCUT2D eigenvalue weighted by molar-refractivity contribution is 6.10. The molecule has 0 bridgehead atoms. The van der Waals surface area contributed by atoms with Crippen LogP contribution in [0.25, 0.3) is 0 Å². The molecule has 0 aliphatic carbocycles. The van der Waals surface area contributed by atoms with Crippen LogP contribution in [0.1, 0.15) is 17.5 Å². The summed E-state index contributed by atoms with van der Waals surface area (Å²) in [6, 6.07) is 11.3. The van der Waals surface area contributed by atoms with E-state index in [1.54, 1.807) is 0 Å². The monoisotopic (exact) mass is 343 g/mol. The van der Waals surface area contributed by atoms with Crippen molar-refractivity contribution < 1.29 is 13.6 Å². The van der Waals surface area contributed by atoms with Crippen LogP contribution in [0.2, 0.25) is 0 Å². The molecule has 0 saturated heterocycles. The lowest BCUT2D eigenvalue weighted by Crippen LogP contribution is -2.38. The molecule has 0 unspecified atom stereocenters. The van der Waals surface area contributed by atoms with Gasteiger partial charge in [0.05, 0.1) is 0 Å². The van der Waals surface area contributed by atoms with Gasteiger partial charge in [0.2, 0.25) is 0 Å². The lowest BCUT2D eigenvalue weighted by atomic mass is 9.83. The zero-order valence-electron chi connectivity index (χ0n) is 14.1. The zero-order chi connectivity index (χ0) is 18.0. The first kappa shape index (κ1) is 17.2. The number of carbonyl (C=O) groups is 1. The van der Waals surface area contributed by atoms with Gasteiger partial charge >= 0.3 is 0 Å². The number of hydrogen-bond donors (Lipinski definition) is 1. The Morgan fingerprint density at radius 1 is 0.960 bits per heavy atom. The fraction of sp³-hybridized carbons (Fsp3) is 0.263. The van der Waals surface area contributed by atoms with Crippen molar-refractivity contribution in [2.45, 2.75) is 12.0 Å². The van der Waals surface area contributed by atoms with Crippen LogP contribution in [0, 0.1) is 11.6 Å². The molecule has 0 fully saturated rings. The average Bonchev–Trinajstić information content (AvgIpc) is 2.92. The minimum atomic E-state index is -1.33. The first-order chi connectivity index (χ1) is 11.9. The van der Waals surface area contributed by atoms with Crippen LogP contribution in [-0.2, 0) is 10.3 Å². The molecule has 3 rings (SSSR count). The Bertz CT molecular complexity index is 753. The lowest BCUT2D eigenvalue weighted by Gasteiger charge is -2.24. The molecule has 2 aromatic carbocycles. The van der Waals surface area contributed by atoms with Crippen LogP contribution in [0.15, 0.2) is 53.5 Å². The van der Waals surface area contributed by atoms with Gasteiger partial charge in [0.1, 0.15) is 17.5 Å². The first-order valence-corrected chi connectivity index (χ1v) is 7.99. The number of rotatable bonds is 5. The molecule has 0 atom stereocenters. The lowest BCUT2D eigenvalue weighted by molar-refractivity contribution is -0.122. The van der Waals surface area contributed by atoms with Crippen LogP contribution in [0.5, 0.6) is 0 Å². The number of hydrogen-bond acceptors (Lipinski definition) is 3. The van der Waals surface area contributed by atoms with Gasteiger partial charge in [0.25, 0.3) is 5.91 Å². The molecular weight excluding hydrogens is 324 g/mol. The number of benzene rings is 2. The van der Waals surface area contributed by atoms with Crippen molar-refractivity contribution >= 4 is 11.7 Å². The van der Waals surface area contributed by atoms with Crippen molar-refractivity contribution in [2.24, 2.45) is 4.99 Å². The van der Waals surface area contributed by atoms with Gasteiger partial charge in [0, 0.05) is 13.0 Å². The molecule has 130 valence electrons. The maximum absolute atomic E-state index is 13.3. The van der Waals surface area contributed by atoms with E-state index in [-0.39, 0.29) is 5.91 Å². The van der Waals surface area contributed by atoms with Gasteiger partial charge < -0.3 is 10.2 Å². The Balaban J connectivity index is 2.10. The molecule has 4 nitrogen and oxygen atoms in total. The van der Waals surface area contributed by atoms with Crippen molar-refractivity contribution in [3.8, 4) is 0 Å². The molecule has 1 aliphatic rings. The smallest absolute Gasteiger partial charge is 0.262 e. The summed E-state index contributed by atoms with van der Waals surface area (Å²) in [6.45, 7) is 0.724. The number of halogens is 2. The zero-order valence-corrected chi connectivity index (χ0v) is 14.1. The topological polar surface area (TPSA) is 44.7 Å². The van der Waals surface area contributed by atoms with E-state index in [0.29, 0.717) is 23.4 Å². The van der Waals surface area contributed by atoms with Crippen molar-refractivity contribution in [3.63, 3.8) is 0 Å². The predicted octanol–water partition coefficient (Wildman–Crippen LogP) is 2.69. The van der Waals surface area contributed by atoms with E-state index in [1.807, 2.05) is 19.0 Å². The van der Waals surface area contributed by atoms with E-state index >= 15 is 0 Å². The summed E-state index contributed by atoms with van der Waals surface area (Å²) in [4.78, 5) is 19.5. The Labute approximate surface area is 145 Å². The SMILES string of the molecule is CN(C)CCC1=NC(c2ccc(F)cc2)(c2ccc(F)cc2)C(=O)N1. The van der Waals surface area contributed by atoms with E-state index < -0.39 is 17.2 Å². The third kappa shape index (κ3) is 3.30. The highest BCUT2D eigenvalue weighted by atomic mass is 19.1. The van der Waals surface area contributed by atoms with Crippen molar-refractivity contribution in [3.05, 3.63) is 71.3 Å². The summed E-state index contributed by atoms with van der Waals surface area (Å²) in [5.41, 5.74) is -0.251. The van der Waals surface area contributed by atoms with Gasteiger partial charge in [-0.3, -0.25) is 4.79 Å². The number of aliphatic imine (C=N–C) groups is 1. The van der Waals surface area contributed by atoms with E-state index in [2.05, 4.69) is 10.3 Å². The number of nitrogens with zero attached hydrogens (tertiary/aromatic N) is 2. The van der Waals surface area contributed by atoms with Gasteiger partial charge in [-0.15, -0.1) is 0 Å². The number of nitrogens with one attached hydrogen (secondary N) is 1. The molecule has 1 aliphatic heterocycles. The van der Waals surface area contributed by atoms with Crippen LogP contribution in [-0.4, -0.2) is 37.3 Å². The molecule has 1 N–H and O–H groups in total. The number of carbonyl (C=O) groups excluding carboxylic acids is 1. The molecule has 0 aromatic heterocycles. The standard InChI is InChI=1S/C19H19F2N3O/c1-24(2)12-11-17-22-18(25)19(23-17,13-3-7-15(20)8-4-13)14-5-9-16(21)10-6-14/h3-10H,11-12H2,1-2H3,(H,22,23,25). The Morgan fingerprint density at radius 3 is 1.88 bits per heavy atom. The minimum Gasteiger partial charge on any atom is -0.312 e. The Kier molecular flexibility index (Phi) is 4.63. The maximum atomic E-state index is 13.3. The summed E-state index contributed by atoms with van der Waals surface area (Å²) in [5, 5.41) is 2.82. The van der Waals surface area contributed by atoms with E-state index in [9.17, 15) is 13.6 Å². The molecule has 1 amide bonds. The molecule has 0 spiro atoms. The molecule has 25 heavy (non-hydrogen) atoms. The highest BCUT2D eigenvalue weighted by Gasteiger charge is 2.46. The van der Waals surface area contributed by atoms with Crippen molar-refractivity contribution in [1.82, 2.24) is 10.2 Å². The van der Waals surface area contributed by atoms with Crippen LogP contribution in [0.4, 0.5) is 8.78 Å². The van der Waals surface area contributed by atoms with Crippen LogP contribution >= 0.6 is 0 Å². The molecule has 0 saturated carbocycles. The van der Waals surface area contributed by atoms with Crippen LogP contribution in [0.3, 0.4) is 0 Å². The second kappa shape index (κ2) is 6.72. The number of amidine groups is 1. The van der Waals surface area contributed by atoms with Gasteiger partial charge in [-0.2, -0.15) is 0 Å². The molecule has 0 radical (unpaired) electrons. The Morgan fingerprint density at radius 2 is 1.44 bits per heavy atom. The summed E-state index contributed by atoms with van der Waals surface area (Å²) >= 11 is 0. The average molecular weight is 343 g/mol. The van der Waals surface area contributed by atoms with Crippen LogP contribution < -0.4 is 5.32 Å². The predicted molar refractivity (Wildman–Crippen MR) is 92.3 cm³/mol. The van der Waals surface area contributed by atoms with E-state index in [0.717, 1.165) is 6.54 Å². The fourth-order valence-electron chi connectivity index (χ4n) is 2.89. The third-order valence-electron chi connectivity index (χ3n) is 4.21. The molecule has 2 aromatic rings. The minimum absolute atomic E-state index is 0.320. The highest BCUT2D eigenvalue weighted by Crippen LogP contribution is 2.37. The van der Waals surface area contributed by atoms with E-state index in [1.165, 1.54) is 48.5 Å². The quantitative estimate of drug-likeness (QED) is 0.907. The Hall–Kier alpha value is -2.60. The van der Waals surface area contributed by atoms with Crippen molar-refractivity contribution in [1.29, 1.82) is 0 Å². The second-order valence-corrected chi connectivity index (χ2v) is 6.29. The maximum Gasteiger partial charge on any atom is 0.262 e. The van der Waals surface area contributed by atoms with Gasteiger partial charge in [-0.25, -0.2) is 13.8 Å². The van der Waals surface area contributed by atoms with Gasteiger partial charge in [-0.1, -0.05) is 24.3 Å².